The monoisotopic (exact) mass is 253 g/mol. The van der Waals surface area contributed by atoms with E-state index >= 15 is 0 Å². The zero-order valence-corrected chi connectivity index (χ0v) is 10.5. The van der Waals surface area contributed by atoms with Crippen molar-refractivity contribution in [3.05, 3.63) is 27.9 Å². The van der Waals surface area contributed by atoms with Crippen molar-refractivity contribution < 1.29 is 14.5 Å². The molecule has 0 radical (unpaired) electrons. The molecule has 18 heavy (non-hydrogen) atoms. The molecule has 0 atom stereocenters. The second kappa shape index (κ2) is 5.95. The van der Waals surface area contributed by atoms with Crippen molar-refractivity contribution in [3.63, 3.8) is 0 Å². The number of carbonyl (C=O) groups excluding carboxylic acids is 1. The molecule has 7 heteroatoms. The number of anilines is 1. The molecule has 0 aliphatic heterocycles. The lowest BCUT2D eigenvalue weighted by molar-refractivity contribution is -0.384. The Hall–Kier alpha value is -2.18. The van der Waals surface area contributed by atoms with Gasteiger partial charge in [0, 0.05) is 18.3 Å². The second-order valence-corrected chi connectivity index (χ2v) is 3.64. The molecular weight excluding hydrogens is 238 g/mol. The van der Waals surface area contributed by atoms with E-state index in [1.165, 1.54) is 18.1 Å². The van der Waals surface area contributed by atoms with Gasteiger partial charge in [0.15, 0.2) is 0 Å². The minimum Gasteiger partial charge on any atom is -0.468 e. The zero-order chi connectivity index (χ0) is 13.7. The molecule has 1 rings (SSSR count). The van der Waals surface area contributed by atoms with E-state index in [1.54, 1.807) is 19.9 Å². The molecule has 0 spiro atoms. The van der Waals surface area contributed by atoms with Gasteiger partial charge < -0.3 is 9.64 Å². The van der Waals surface area contributed by atoms with Gasteiger partial charge in [-0.3, -0.25) is 14.9 Å². The molecule has 98 valence electrons. The van der Waals surface area contributed by atoms with Gasteiger partial charge >= 0.3 is 11.7 Å². The Morgan fingerprint density at radius 2 is 2.22 bits per heavy atom. The second-order valence-electron chi connectivity index (χ2n) is 3.64. The van der Waals surface area contributed by atoms with E-state index in [2.05, 4.69) is 9.72 Å². The Kier molecular flexibility index (Phi) is 4.59. The summed E-state index contributed by atoms with van der Waals surface area (Å²) in [5.41, 5.74) is 0.533. The van der Waals surface area contributed by atoms with Crippen LogP contribution in [0.25, 0.3) is 0 Å². The van der Waals surface area contributed by atoms with E-state index in [9.17, 15) is 14.9 Å². The SMILES string of the molecule is CCN(CC(=O)OC)c1nc(C)ccc1[N+](=O)[O-]. The van der Waals surface area contributed by atoms with Crippen LogP contribution in [0.1, 0.15) is 12.6 Å². The van der Waals surface area contributed by atoms with Gasteiger partial charge in [0.2, 0.25) is 5.82 Å². The van der Waals surface area contributed by atoms with Crippen LogP contribution in [-0.2, 0) is 9.53 Å². The topological polar surface area (TPSA) is 85.6 Å². The summed E-state index contributed by atoms with van der Waals surface area (Å²) in [6, 6.07) is 2.95. The van der Waals surface area contributed by atoms with Crippen molar-refractivity contribution in [3.8, 4) is 0 Å². The number of esters is 1. The highest BCUT2D eigenvalue weighted by Crippen LogP contribution is 2.25. The highest BCUT2D eigenvalue weighted by molar-refractivity contribution is 5.76. The number of nitrogens with zero attached hydrogens (tertiary/aromatic N) is 3. The van der Waals surface area contributed by atoms with Crippen molar-refractivity contribution in [2.75, 3.05) is 25.1 Å². The van der Waals surface area contributed by atoms with E-state index in [-0.39, 0.29) is 18.1 Å². The summed E-state index contributed by atoms with van der Waals surface area (Å²) in [4.78, 5) is 27.3. The lowest BCUT2D eigenvalue weighted by Gasteiger charge is -2.20. The quantitative estimate of drug-likeness (QED) is 0.446. The first kappa shape index (κ1) is 13.9. The number of nitro groups is 1. The predicted octanol–water partition coefficient (Wildman–Crippen LogP) is 1.30. The average Bonchev–Trinajstić information content (AvgIpc) is 2.35. The molecule has 1 aromatic rings. The number of hydrogen-bond donors (Lipinski definition) is 0. The number of aromatic nitrogens is 1. The van der Waals surface area contributed by atoms with Gasteiger partial charge in [-0.05, 0) is 19.9 Å². The molecule has 0 aromatic carbocycles. The van der Waals surface area contributed by atoms with Gasteiger partial charge in [-0.25, -0.2) is 4.98 Å². The van der Waals surface area contributed by atoms with Gasteiger partial charge in [-0.1, -0.05) is 0 Å². The third-order valence-corrected chi connectivity index (χ3v) is 2.42. The summed E-state index contributed by atoms with van der Waals surface area (Å²) in [6.45, 7) is 3.88. The molecule has 1 aromatic heterocycles. The molecule has 0 unspecified atom stereocenters. The van der Waals surface area contributed by atoms with E-state index in [0.29, 0.717) is 12.2 Å². The van der Waals surface area contributed by atoms with Crippen molar-refractivity contribution >= 4 is 17.5 Å². The minimum absolute atomic E-state index is 0.0652. The molecule has 7 nitrogen and oxygen atoms in total. The number of aryl methyl sites for hydroxylation is 1. The van der Waals surface area contributed by atoms with Gasteiger partial charge in [0.05, 0.1) is 12.0 Å². The Labute approximate surface area is 105 Å². The summed E-state index contributed by atoms with van der Waals surface area (Å²) in [6.07, 6.45) is 0. The van der Waals surface area contributed by atoms with Crippen molar-refractivity contribution in [2.45, 2.75) is 13.8 Å². The molecule has 0 aliphatic rings. The van der Waals surface area contributed by atoms with Crippen LogP contribution in [0, 0.1) is 17.0 Å². The van der Waals surface area contributed by atoms with Crippen LogP contribution < -0.4 is 4.90 Å². The van der Waals surface area contributed by atoms with Crippen LogP contribution in [0.2, 0.25) is 0 Å². The molecule has 0 amide bonds. The number of hydrogen-bond acceptors (Lipinski definition) is 6. The fourth-order valence-corrected chi connectivity index (χ4v) is 1.47. The van der Waals surface area contributed by atoms with Gasteiger partial charge in [-0.2, -0.15) is 0 Å². The van der Waals surface area contributed by atoms with Gasteiger partial charge in [0.25, 0.3) is 0 Å². The standard InChI is InChI=1S/C11H15N3O4/c1-4-13(7-10(15)18-3)11-9(14(16)17)6-5-8(2)12-11/h5-6H,4,7H2,1-3H3. The van der Waals surface area contributed by atoms with Crippen LogP contribution in [0.3, 0.4) is 0 Å². The van der Waals surface area contributed by atoms with Crippen molar-refractivity contribution in [1.82, 2.24) is 4.98 Å². The van der Waals surface area contributed by atoms with Crippen LogP contribution in [0.15, 0.2) is 12.1 Å². The largest absolute Gasteiger partial charge is 0.468 e. The molecule has 0 fully saturated rings. The summed E-state index contributed by atoms with van der Waals surface area (Å²) in [7, 11) is 1.27. The predicted molar refractivity (Wildman–Crippen MR) is 65.5 cm³/mol. The molecular formula is C11H15N3O4. The van der Waals surface area contributed by atoms with E-state index in [1.807, 2.05) is 0 Å². The summed E-state index contributed by atoms with van der Waals surface area (Å²) >= 11 is 0. The molecule has 1 heterocycles. The maximum atomic E-state index is 11.3. The van der Waals surface area contributed by atoms with Gasteiger partial charge in [-0.15, -0.1) is 0 Å². The first-order valence-corrected chi connectivity index (χ1v) is 5.43. The third kappa shape index (κ3) is 3.16. The fourth-order valence-electron chi connectivity index (χ4n) is 1.47. The lowest BCUT2D eigenvalue weighted by atomic mass is 10.3. The normalized spacial score (nSPS) is 9.94. The Bertz CT molecular complexity index is 462. The minimum atomic E-state index is -0.512. The number of carbonyl (C=O) groups is 1. The van der Waals surface area contributed by atoms with E-state index < -0.39 is 10.9 Å². The number of methoxy groups -OCH3 is 1. The smallest absolute Gasteiger partial charge is 0.325 e. The van der Waals surface area contributed by atoms with Crippen LogP contribution in [0.5, 0.6) is 0 Å². The maximum absolute atomic E-state index is 11.3. The number of rotatable bonds is 5. The Balaban J connectivity index is 3.14. The Morgan fingerprint density at radius 1 is 1.56 bits per heavy atom. The van der Waals surface area contributed by atoms with E-state index in [0.717, 1.165) is 0 Å². The number of ether oxygens (including phenoxy) is 1. The molecule has 0 bridgehead atoms. The fraction of sp³-hybridized carbons (Fsp3) is 0.455. The van der Waals surface area contributed by atoms with Crippen LogP contribution in [-0.4, -0.2) is 36.1 Å². The van der Waals surface area contributed by atoms with E-state index in [4.69, 9.17) is 0 Å². The highest BCUT2D eigenvalue weighted by atomic mass is 16.6. The first-order valence-electron chi connectivity index (χ1n) is 5.43. The summed E-state index contributed by atoms with van der Waals surface area (Å²) in [5, 5.41) is 10.9. The van der Waals surface area contributed by atoms with Gasteiger partial charge in [0.1, 0.15) is 6.54 Å². The zero-order valence-electron chi connectivity index (χ0n) is 10.5. The first-order chi connectivity index (χ1) is 8.49. The molecule has 0 N–H and O–H groups in total. The summed E-state index contributed by atoms with van der Waals surface area (Å²) < 4.78 is 4.56. The number of pyridine rings is 1. The average molecular weight is 253 g/mol. The molecule has 0 aliphatic carbocycles. The van der Waals surface area contributed by atoms with Crippen molar-refractivity contribution in [1.29, 1.82) is 0 Å². The lowest BCUT2D eigenvalue weighted by Crippen LogP contribution is -2.31. The van der Waals surface area contributed by atoms with Crippen LogP contribution >= 0.6 is 0 Å². The Morgan fingerprint density at radius 3 is 2.72 bits per heavy atom. The summed E-state index contributed by atoms with van der Waals surface area (Å²) in [5.74, 6) is -0.276. The highest BCUT2D eigenvalue weighted by Gasteiger charge is 2.22. The third-order valence-electron chi connectivity index (χ3n) is 2.42. The number of likely N-dealkylation sites (N-methyl/N-ethyl adjacent to an activating group) is 1. The van der Waals surface area contributed by atoms with Crippen molar-refractivity contribution in [2.24, 2.45) is 0 Å². The van der Waals surface area contributed by atoms with Crippen LogP contribution in [0.4, 0.5) is 11.5 Å². The molecule has 0 saturated carbocycles. The molecule has 0 saturated heterocycles. The maximum Gasteiger partial charge on any atom is 0.325 e.